The number of esters is 1. The Morgan fingerprint density at radius 3 is 2.38 bits per heavy atom. The second-order valence-electron chi connectivity index (χ2n) is 8.44. The van der Waals surface area contributed by atoms with Crippen molar-refractivity contribution < 1.29 is 19.1 Å². The molecule has 3 aromatic carbocycles. The number of nitrogens with one attached hydrogen (secondary N) is 2. The molecule has 0 radical (unpaired) electrons. The van der Waals surface area contributed by atoms with Gasteiger partial charge >= 0.3 is 12.1 Å². The third-order valence-electron chi connectivity index (χ3n) is 5.77. The van der Waals surface area contributed by atoms with E-state index in [1.54, 1.807) is 25.1 Å². The van der Waals surface area contributed by atoms with Gasteiger partial charge in [0.25, 0.3) is 0 Å². The van der Waals surface area contributed by atoms with Crippen LogP contribution in [0.2, 0.25) is 0 Å². The van der Waals surface area contributed by atoms with E-state index in [-0.39, 0.29) is 19.2 Å². The molecule has 4 rings (SSSR count). The van der Waals surface area contributed by atoms with Crippen molar-refractivity contribution in [1.29, 1.82) is 5.26 Å². The molecule has 0 aliphatic carbocycles. The first-order valence-electron chi connectivity index (χ1n) is 12.0. The summed E-state index contributed by atoms with van der Waals surface area (Å²) < 4.78 is 10.6. The normalized spacial score (nSPS) is 10.4. The molecule has 2 N–H and O–H groups in total. The van der Waals surface area contributed by atoms with Gasteiger partial charge in [0.05, 0.1) is 23.8 Å². The molecule has 1 amide bonds. The molecule has 0 aliphatic heterocycles. The smallest absolute Gasteiger partial charge is 0.411 e. The zero-order valence-corrected chi connectivity index (χ0v) is 20.5. The van der Waals surface area contributed by atoms with Crippen LogP contribution in [0, 0.1) is 11.3 Å². The summed E-state index contributed by atoms with van der Waals surface area (Å²) in [4.78, 5) is 28.2. The number of nitrogens with zero attached hydrogens (tertiary/aromatic N) is 1. The maximum Gasteiger partial charge on any atom is 0.411 e. The number of carbonyl (C=O) groups excluding carboxylic acids is 2. The zero-order chi connectivity index (χ0) is 26.0. The predicted molar refractivity (Wildman–Crippen MR) is 140 cm³/mol. The molecule has 0 spiro atoms. The van der Waals surface area contributed by atoms with Crippen molar-refractivity contribution in [2.45, 2.75) is 26.4 Å². The van der Waals surface area contributed by atoms with E-state index in [2.05, 4.69) is 16.4 Å². The summed E-state index contributed by atoms with van der Waals surface area (Å²) in [5.41, 5.74) is 6.04. The number of amides is 1. The van der Waals surface area contributed by atoms with Gasteiger partial charge in [-0.3, -0.25) is 5.32 Å². The maximum absolute atomic E-state index is 12.8. The van der Waals surface area contributed by atoms with Gasteiger partial charge in [0.15, 0.2) is 0 Å². The number of hydrogen-bond donors (Lipinski definition) is 2. The molecule has 1 aromatic heterocycles. The van der Waals surface area contributed by atoms with E-state index in [4.69, 9.17) is 9.47 Å². The lowest BCUT2D eigenvalue weighted by atomic mass is 9.99. The van der Waals surface area contributed by atoms with Crippen LogP contribution in [0.1, 0.15) is 50.8 Å². The van der Waals surface area contributed by atoms with Crippen molar-refractivity contribution in [2.75, 3.05) is 11.9 Å². The summed E-state index contributed by atoms with van der Waals surface area (Å²) >= 11 is 0. The van der Waals surface area contributed by atoms with Gasteiger partial charge < -0.3 is 14.5 Å². The maximum atomic E-state index is 12.8. The van der Waals surface area contributed by atoms with Crippen LogP contribution in [0.4, 0.5) is 10.5 Å². The first-order valence-corrected chi connectivity index (χ1v) is 12.0. The van der Waals surface area contributed by atoms with Crippen molar-refractivity contribution in [1.82, 2.24) is 4.98 Å². The van der Waals surface area contributed by atoms with Gasteiger partial charge in [-0.25, -0.2) is 9.59 Å². The van der Waals surface area contributed by atoms with E-state index in [9.17, 15) is 14.9 Å². The molecule has 0 atom stereocenters. The number of anilines is 1. The number of rotatable bonds is 9. The average Bonchev–Trinajstić information content (AvgIpc) is 3.31. The van der Waals surface area contributed by atoms with Crippen LogP contribution < -0.4 is 5.32 Å². The first kappa shape index (κ1) is 25.3. The lowest BCUT2D eigenvalue weighted by Gasteiger charge is -2.09. The minimum absolute atomic E-state index is 0.192. The Balaban J connectivity index is 1.44. The van der Waals surface area contributed by atoms with Crippen LogP contribution in [-0.2, 0) is 28.9 Å². The van der Waals surface area contributed by atoms with Crippen LogP contribution in [0.3, 0.4) is 0 Å². The highest BCUT2D eigenvalue weighted by Gasteiger charge is 2.20. The molecule has 0 saturated heterocycles. The summed E-state index contributed by atoms with van der Waals surface area (Å²) in [7, 11) is 0. The van der Waals surface area contributed by atoms with Gasteiger partial charge in [-0.15, -0.1) is 0 Å². The van der Waals surface area contributed by atoms with Crippen molar-refractivity contribution in [3.05, 3.63) is 124 Å². The highest BCUT2D eigenvalue weighted by atomic mass is 16.5. The van der Waals surface area contributed by atoms with Crippen molar-refractivity contribution in [2.24, 2.45) is 0 Å². The van der Waals surface area contributed by atoms with E-state index >= 15 is 0 Å². The Hall–Kier alpha value is -4.83. The van der Waals surface area contributed by atoms with Gasteiger partial charge in [-0.1, -0.05) is 54.6 Å². The van der Waals surface area contributed by atoms with Crippen LogP contribution in [0.25, 0.3) is 0 Å². The van der Waals surface area contributed by atoms with Crippen molar-refractivity contribution >= 4 is 17.7 Å². The summed E-state index contributed by atoms with van der Waals surface area (Å²) in [5, 5.41) is 11.9. The Labute approximate surface area is 215 Å². The highest BCUT2D eigenvalue weighted by Crippen LogP contribution is 2.23. The molecule has 0 fully saturated rings. The van der Waals surface area contributed by atoms with E-state index in [1.165, 1.54) is 0 Å². The van der Waals surface area contributed by atoms with Crippen LogP contribution in [0.15, 0.2) is 85.1 Å². The van der Waals surface area contributed by atoms with Crippen LogP contribution >= 0.6 is 0 Å². The van der Waals surface area contributed by atoms with Crippen molar-refractivity contribution in [3.63, 3.8) is 0 Å². The standard InChI is InChI=1S/C30H27N3O4/c1-2-36-29(34)28-25(19-32-27(28)17-23-9-6-10-24(15-23)18-31)16-21-11-13-26(14-12-21)33-30(35)37-20-22-7-4-3-5-8-22/h3-15,19,32H,2,16-17,20H2,1H3,(H,33,35). The number of carbonyl (C=O) groups is 2. The first-order chi connectivity index (χ1) is 18.1. The third kappa shape index (κ3) is 6.86. The zero-order valence-electron chi connectivity index (χ0n) is 20.5. The summed E-state index contributed by atoms with van der Waals surface area (Å²) in [5.74, 6) is -0.385. The van der Waals surface area contributed by atoms with E-state index < -0.39 is 6.09 Å². The van der Waals surface area contributed by atoms with Gasteiger partial charge in [-0.05, 0) is 59.9 Å². The predicted octanol–water partition coefficient (Wildman–Crippen LogP) is 5.99. The number of aromatic nitrogens is 1. The van der Waals surface area contributed by atoms with Crippen molar-refractivity contribution in [3.8, 4) is 6.07 Å². The van der Waals surface area contributed by atoms with E-state index in [0.717, 1.165) is 27.9 Å². The monoisotopic (exact) mass is 493 g/mol. The summed E-state index contributed by atoms with van der Waals surface area (Å²) in [6.45, 7) is 2.24. The molecule has 0 saturated carbocycles. The fraction of sp³-hybridized carbons (Fsp3) is 0.167. The van der Waals surface area contributed by atoms with E-state index in [0.29, 0.717) is 29.7 Å². The second-order valence-corrected chi connectivity index (χ2v) is 8.44. The molecule has 0 aliphatic rings. The summed E-state index contributed by atoms with van der Waals surface area (Å²) in [6.07, 6.45) is 2.26. The number of hydrogen-bond acceptors (Lipinski definition) is 5. The van der Waals surface area contributed by atoms with E-state index in [1.807, 2.05) is 66.9 Å². The topological polar surface area (TPSA) is 104 Å². The molecule has 0 bridgehead atoms. The Kier molecular flexibility index (Phi) is 8.35. The largest absolute Gasteiger partial charge is 0.462 e. The molecule has 4 aromatic rings. The lowest BCUT2D eigenvalue weighted by molar-refractivity contribution is 0.0524. The quantitative estimate of drug-likeness (QED) is 0.279. The fourth-order valence-electron chi connectivity index (χ4n) is 4.01. The fourth-order valence-corrected chi connectivity index (χ4v) is 4.01. The number of H-pyrrole nitrogens is 1. The summed E-state index contributed by atoms with van der Waals surface area (Å²) in [6, 6.07) is 26.3. The SMILES string of the molecule is CCOC(=O)c1c(Cc2ccc(NC(=O)OCc3ccccc3)cc2)c[nH]c1Cc1cccc(C#N)c1. The minimum atomic E-state index is -0.531. The van der Waals surface area contributed by atoms with Gasteiger partial charge in [0.2, 0.25) is 0 Å². The van der Waals surface area contributed by atoms with Gasteiger partial charge in [0, 0.05) is 24.0 Å². The third-order valence-corrected chi connectivity index (χ3v) is 5.77. The number of nitriles is 1. The average molecular weight is 494 g/mol. The highest BCUT2D eigenvalue weighted by molar-refractivity contribution is 5.93. The number of aromatic amines is 1. The minimum Gasteiger partial charge on any atom is -0.462 e. The van der Waals surface area contributed by atoms with Gasteiger partial charge in [0.1, 0.15) is 6.61 Å². The molecular weight excluding hydrogens is 466 g/mol. The Morgan fingerprint density at radius 1 is 0.892 bits per heavy atom. The number of ether oxygens (including phenoxy) is 2. The molecule has 37 heavy (non-hydrogen) atoms. The molecule has 1 heterocycles. The molecule has 7 heteroatoms. The molecule has 7 nitrogen and oxygen atoms in total. The lowest BCUT2D eigenvalue weighted by Crippen LogP contribution is -2.13. The Morgan fingerprint density at radius 2 is 1.65 bits per heavy atom. The van der Waals surface area contributed by atoms with Crippen LogP contribution in [-0.4, -0.2) is 23.7 Å². The van der Waals surface area contributed by atoms with Crippen LogP contribution in [0.5, 0.6) is 0 Å². The molecule has 0 unspecified atom stereocenters. The molecule has 186 valence electrons. The molecular formula is C30H27N3O4. The Bertz CT molecular complexity index is 1400. The van der Waals surface area contributed by atoms with Gasteiger partial charge in [-0.2, -0.15) is 5.26 Å². The number of benzene rings is 3. The second kappa shape index (κ2) is 12.2.